The highest BCUT2D eigenvalue weighted by Crippen LogP contribution is 2.17. The summed E-state index contributed by atoms with van der Waals surface area (Å²) in [5.74, 6) is -0.251. The number of hydrogen-bond acceptors (Lipinski definition) is 5. The van der Waals surface area contributed by atoms with Crippen LogP contribution in [0, 0.1) is 11.6 Å². The molecular formula is C16H12ClF2N5. The number of nitrogens with one attached hydrogen (secondary N) is 2. The van der Waals surface area contributed by atoms with Gasteiger partial charge in [-0.15, -0.1) is 0 Å². The summed E-state index contributed by atoms with van der Waals surface area (Å²) in [7, 11) is 0. The lowest BCUT2D eigenvalue weighted by Gasteiger charge is -2.08. The highest BCUT2D eigenvalue weighted by Gasteiger charge is 2.06. The third kappa shape index (κ3) is 4.36. The van der Waals surface area contributed by atoms with Gasteiger partial charge in [-0.25, -0.2) is 8.78 Å². The second-order valence-electron chi connectivity index (χ2n) is 4.87. The Kier molecular flexibility index (Phi) is 4.81. The molecule has 2 N–H and O–H groups in total. The molecule has 0 aliphatic carbocycles. The lowest BCUT2D eigenvalue weighted by Crippen LogP contribution is -2.07. The molecule has 0 saturated heterocycles. The van der Waals surface area contributed by atoms with Crippen molar-refractivity contribution in [3.63, 3.8) is 0 Å². The van der Waals surface area contributed by atoms with E-state index in [2.05, 4.69) is 25.6 Å². The number of nitrogens with zero attached hydrogens (tertiary/aromatic N) is 3. The normalized spacial score (nSPS) is 10.5. The van der Waals surface area contributed by atoms with E-state index in [1.165, 1.54) is 24.3 Å². The first-order valence-electron chi connectivity index (χ1n) is 7.01. The van der Waals surface area contributed by atoms with Gasteiger partial charge in [-0.05, 0) is 47.5 Å². The lowest BCUT2D eigenvalue weighted by molar-refractivity contribution is 0.627. The van der Waals surface area contributed by atoms with Crippen LogP contribution in [-0.4, -0.2) is 15.0 Å². The van der Waals surface area contributed by atoms with Crippen molar-refractivity contribution in [1.82, 2.24) is 15.0 Å². The molecule has 122 valence electrons. The van der Waals surface area contributed by atoms with Gasteiger partial charge in [-0.3, -0.25) is 0 Å². The predicted molar refractivity (Wildman–Crippen MR) is 88.2 cm³/mol. The Hall–Kier alpha value is -2.80. The topological polar surface area (TPSA) is 62.7 Å². The van der Waals surface area contributed by atoms with E-state index in [0.717, 1.165) is 5.56 Å². The van der Waals surface area contributed by atoms with Crippen LogP contribution in [0.4, 0.5) is 26.4 Å². The molecule has 0 saturated carbocycles. The number of anilines is 3. The molecule has 1 aromatic heterocycles. The zero-order valence-corrected chi connectivity index (χ0v) is 13.1. The van der Waals surface area contributed by atoms with Crippen LogP contribution in [0.1, 0.15) is 5.56 Å². The van der Waals surface area contributed by atoms with Gasteiger partial charge >= 0.3 is 0 Å². The van der Waals surface area contributed by atoms with E-state index in [0.29, 0.717) is 12.2 Å². The minimum Gasteiger partial charge on any atom is -0.350 e. The van der Waals surface area contributed by atoms with Gasteiger partial charge in [0.2, 0.25) is 17.2 Å². The van der Waals surface area contributed by atoms with Crippen molar-refractivity contribution in [3.8, 4) is 0 Å². The molecule has 0 radical (unpaired) electrons. The summed E-state index contributed by atoms with van der Waals surface area (Å²) < 4.78 is 26.1. The molecule has 0 atom stereocenters. The fourth-order valence-electron chi connectivity index (χ4n) is 1.96. The molecule has 5 nitrogen and oxygen atoms in total. The van der Waals surface area contributed by atoms with Crippen molar-refractivity contribution in [2.45, 2.75) is 6.54 Å². The third-order valence-corrected chi connectivity index (χ3v) is 3.22. The Labute approximate surface area is 141 Å². The van der Waals surface area contributed by atoms with E-state index in [1.54, 1.807) is 24.3 Å². The quantitative estimate of drug-likeness (QED) is 0.725. The zero-order chi connectivity index (χ0) is 16.9. The molecule has 3 rings (SSSR count). The van der Waals surface area contributed by atoms with Gasteiger partial charge in [0.25, 0.3) is 0 Å². The summed E-state index contributed by atoms with van der Waals surface area (Å²) in [6.45, 7) is 0.389. The molecular weight excluding hydrogens is 336 g/mol. The smallest absolute Gasteiger partial charge is 0.233 e. The summed E-state index contributed by atoms with van der Waals surface area (Å²) in [5.41, 5.74) is 1.34. The van der Waals surface area contributed by atoms with Gasteiger partial charge in [-0.2, -0.15) is 15.0 Å². The molecule has 0 unspecified atom stereocenters. The standard InChI is InChI=1S/C16H12ClF2N5/c17-14-22-15(20-9-10-4-6-11(18)7-5-10)24-16(23-14)21-13-3-1-2-12(19)8-13/h1-8H,9H2,(H2,20,21,22,23,24). The zero-order valence-electron chi connectivity index (χ0n) is 12.3. The Balaban J connectivity index is 1.72. The highest BCUT2D eigenvalue weighted by molar-refractivity contribution is 6.28. The molecule has 0 bridgehead atoms. The molecule has 0 aliphatic rings. The fourth-order valence-corrected chi connectivity index (χ4v) is 2.12. The van der Waals surface area contributed by atoms with Crippen LogP contribution in [0.5, 0.6) is 0 Å². The van der Waals surface area contributed by atoms with Crippen molar-refractivity contribution >= 4 is 29.2 Å². The van der Waals surface area contributed by atoms with Crippen molar-refractivity contribution in [2.24, 2.45) is 0 Å². The second-order valence-corrected chi connectivity index (χ2v) is 5.21. The summed E-state index contributed by atoms with van der Waals surface area (Å²) in [4.78, 5) is 12.1. The lowest BCUT2D eigenvalue weighted by atomic mass is 10.2. The van der Waals surface area contributed by atoms with Crippen LogP contribution in [0.3, 0.4) is 0 Å². The van der Waals surface area contributed by atoms with E-state index in [9.17, 15) is 8.78 Å². The minimum atomic E-state index is -0.380. The second kappa shape index (κ2) is 7.18. The maximum absolute atomic E-state index is 13.2. The molecule has 0 aliphatic heterocycles. The van der Waals surface area contributed by atoms with Crippen LogP contribution in [-0.2, 0) is 6.54 Å². The minimum absolute atomic E-state index is 0.00879. The molecule has 2 aromatic carbocycles. The molecule has 0 fully saturated rings. The first-order valence-corrected chi connectivity index (χ1v) is 7.39. The number of aromatic nitrogens is 3. The Bertz CT molecular complexity index is 842. The van der Waals surface area contributed by atoms with E-state index in [4.69, 9.17) is 11.6 Å². The number of benzene rings is 2. The largest absolute Gasteiger partial charge is 0.350 e. The van der Waals surface area contributed by atoms with Crippen molar-refractivity contribution in [2.75, 3.05) is 10.6 Å². The Morgan fingerprint density at radius 1 is 0.875 bits per heavy atom. The maximum atomic E-state index is 13.2. The Morgan fingerprint density at radius 3 is 2.38 bits per heavy atom. The number of hydrogen-bond donors (Lipinski definition) is 2. The maximum Gasteiger partial charge on any atom is 0.233 e. The van der Waals surface area contributed by atoms with Crippen molar-refractivity contribution in [3.05, 3.63) is 71.0 Å². The van der Waals surface area contributed by atoms with Crippen LogP contribution in [0.15, 0.2) is 48.5 Å². The van der Waals surface area contributed by atoms with Crippen LogP contribution < -0.4 is 10.6 Å². The first-order chi connectivity index (χ1) is 11.6. The molecule has 8 heteroatoms. The SMILES string of the molecule is Fc1ccc(CNc2nc(Cl)nc(Nc3cccc(F)c3)n2)cc1. The summed E-state index contributed by atoms with van der Waals surface area (Å²) in [6.07, 6.45) is 0. The molecule has 1 heterocycles. The average molecular weight is 348 g/mol. The summed E-state index contributed by atoms with van der Waals surface area (Å²) in [5, 5.41) is 5.82. The average Bonchev–Trinajstić information content (AvgIpc) is 2.54. The van der Waals surface area contributed by atoms with Gasteiger partial charge in [0, 0.05) is 12.2 Å². The molecule has 3 aromatic rings. The van der Waals surface area contributed by atoms with Crippen LogP contribution in [0.2, 0.25) is 5.28 Å². The van der Waals surface area contributed by atoms with Gasteiger partial charge in [0.05, 0.1) is 0 Å². The van der Waals surface area contributed by atoms with E-state index < -0.39 is 0 Å². The van der Waals surface area contributed by atoms with Gasteiger partial charge < -0.3 is 10.6 Å². The third-order valence-electron chi connectivity index (χ3n) is 3.05. The van der Waals surface area contributed by atoms with E-state index in [1.807, 2.05) is 0 Å². The van der Waals surface area contributed by atoms with Gasteiger partial charge in [-0.1, -0.05) is 18.2 Å². The monoisotopic (exact) mass is 347 g/mol. The molecule has 24 heavy (non-hydrogen) atoms. The Morgan fingerprint density at radius 2 is 1.62 bits per heavy atom. The number of rotatable bonds is 5. The highest BCUT2D eigenvalue weighted by atomic mass is 35.5. The fraction of sp³-hybridized carbons (Fsp3) is 0.0625. The van der Waals surface area contributed by atoms with Crippen LogP contribution in [0.25, 0.3) is 0 Å². The van der Waals surface area contributed by atoms with Crippen molar-refractivity contribution in [1.29, 1.82) is 0 Å². The van der Waals surface area contributed by atoms with Gasteiger partial charge in [0.1, 0.15) is 11.6 Å². The predicted octanol–water partition coefficient (Wildman–Crippen LogP) is 4.16. The first kappa shape index (κ1) is 16.1. The van der Waals surface area contributed by atoms with E-state index in [-0.39, 0.29) is 28.8 Å². The number of halogens is 3. The molecule has 0 amide bonds. The summed E-state index contributed by atoms with van der Waals surface area (Å²) in [6, 6.07) is 11.9. The summed E-state index contributed by atoms with van der Waals surface area (Å²) >= 11 is 5.88. The van der Waals surface area contributed by atoms with Crippen molar-refractivity contribution < 1.29 is 8.78 Å². The van der Waals surface area contributed by atoms with Gasteiger partial charge in [0.15, 0.2) is 0 Å². The van der Waals surface area contributed by atoms with E-state index >= 15 is 0 Å². The van der Waals surface area contributed by atoms with Crippen LogP contribution >= 0.6 is 11.6 Å². The molecule has 0 spiro atoms.